The minimum absolute atomic E-state index is 0.177. The Bertz CT molecular complexity index is 648. The standard InChI is InChI=1S/C19H27NO2Si/c1-19(2,3)23(4,5)22-14-16-11-12-18(21)17(20-16)13-15-9-7-6-8-10-15/h6-12,21H,13-14H2,1-5H3. The van der Waals surface area contributed by atoms with Gasteiger partial charge >= 0.3 is 0 Å². The molecule has 1 heterocycles. The molecule has 1 aromatic heterocycles. The molecule has 0 atom stereocenters. The molecule has 23 heavy (non-hydrogen) atoms. The first-order valence-electron chi connectivity index (χ1n) is 8.05. The second-order valence-electron chi connectivity index (χ2n) is 7.48. The number of aromatic nitrogens is 1. The molecule has 0 radical (unpaired) electrons. The van der Waals surface area contributed by atoms with Gasteiger partial charge in [-0.15, -0.1) is 0 Å². The second-order valence-corrected chi connectivity index (χ2v) is 12.3. The molecule has 0 saturated heterocycles. The zero-order valence-electron chi connectivity index (χ0n) is 14.8. The molecular formula is C19H27NO2Si. The molecule has 0 unspecified atom stereocenters. The first kappa shape index (κ1) is 17.7. The van der Waals surface area contributed by atoms with E-state index in [9.17, 15) is 5.11 Å². The summed E-state index contributed by atoms with van der Waals surface area (Å²) >= 11 is 0. The highest BCUT2D eigenvalue weighted by molar-refractivity contribution is 6.74. The van der Waals surface area contributed by atoms with E-state index in [2.05, 4.69) is 38.8 Å². The second kappa shape index (κ2) is 6.85. The van der Waals surface area contributed by atoms with Crippen LogP contribution in [0.4, 0.5) is 0 Å². The molecule has 2 rings (SSSR count). The van der Waals surface area contributed by atoms with Crippen molar-refractivity contribution in [3.8, 4) is 5.75 Å². The molecule has 0 amide bonds. The lowest BCUT2D eigenvalue weighted by atomic mass is 10.1. The highest BCUT2D eigenvalue weighted by Gasteiger charge is 2.37. The highest BCUT2D eigenvalue weighted by atomic mass is 28.4. The maximum atomic E-state index is 10.1. The molecule has 4 heteroatoms. The van der Waals surface area contributed by atoms with E-state index in [0.29, 0.717) is 18.7 Å². The zero-order chi connectivity index (χ0) is 17.1. The van der Waals surface area contributed by atoms with Crippen molar-refractivity contribution in [2.75, 3.05) is 0 Å². The van der Waals surface area contributed by atoms with Gasteiger partial charge in [0, 0.05) is 6.42 Å². The summed E-state index contributed by atoms with van der Waals surface area (Å²) in [6, 6.07) is 13.6. The number of benzene rings is 1. The summed E-state index contributed by atoms with van der Waals surface area (Å²) < 4.78 is 6.22. The van der Waals surface area contributed by atoms with E-state index in [1.165, 1.54) is 0 Å². The minimum atomic E-state index is -1.80. The van der Waals surface area contributed by atoms with E-state index in [1.807, 2.05) is 36.4 Å². The maximum absolute atomic E-state index is 10.1. The van der Waals surface area contributed by atoms with Crippen LogP contribution >= 0.6 is 0 Å². The van der Waals surface area contributed by atoms with Gasteiger partial charge in [0.2, 0.25) is 0 Å². The van der Waals surface area contributed by atoms with Gasteiger partial charge in [0.25, 0.3) is 0 Å². The monoisotopic (exact) mass is 329 g/mol. The van der Waals surface area contributed by atoms with Crippen molar-refractivity contribution in [2.45, 2.75) is 51.9 Å². The Morgan fingerprint density at radius 1 is 1.04 bits per heavy atom. The minimum Gasteiger partial charge on any atom is -0.506 e. The van der Waals surface area contributed by atoms with Crippen LogP contribution in [0.5, 0.6) is 5.75 Å². The maximum Gasteiger partial charge on any atom is 0.192 e. The fourth-order valence-corrected chi connectivity index (χ4v) is 2.95. The molecular weight excluding hydrogens is 302 g/mol. The Morgan fingerprint density at radius 3 is 2.30 bits per heavy atom. The van der Waals surface area contributed by atoms with Crippen molar-refractivity contribution in [3.63, 3.8) is 0 Å². The predicted octanol–water partition coefficient (Wildman–Crippen LogP) is 4.90. The molecule has 124 valence electrons. The SMILES string of the molecule is CC(C)(C)[Si](C)(C)OCc1ccc(O)c(Cc2ccccc2)n1. The normalized spacial score (nSPS) is 12.4. The molecule has 1 N–H and O–H groups in total. The Hall–Kier alpha value is -1.65. The molecule has 0 aliphatic heterocycles. The van der Waals surface area contributed by atoms with E-state index < -0.39 is 8.32 Å². The fourth-order valence-electron chi connectivity index (χ4n) is 2.01. The van der Waals surface area contributed by atoms with Crippen LogP contribution < -0.4 is 0 Å². The number of rotatable bonds is 5. The van der Waals surface area contributed by atoms with Crippen molar-refractivity contribution in [1.29, 1.82) is 0 Å². The zero-order valence-corrected chi connectivity index (χ0v) is 15.8. The van der Waals surface area contributed by atoms with Gasteiger partial charge in [-0.1, -0.05) is 51.1 Å². The third-order valence-corrected chi connectivity index (χ3v) is 9.09. The lowest BCUT2D eigenvalue weighted by Crippen LogP contribution is -2.40. The van der Waals surface area contributed by atoms with E-state index >= 15 is 0 Å². The number of nitrogens with zero attached hydrogens (tertiary/aromatic N) is 1. The molecule has 3 nitrogen and oxygen atoms in total. The summed E-state index contributed by atoms with van der Waals surface area (Å²) in [4.78, 5) is 4.60. The van der Waals surface area contributed by atoms with Crippen LogP contribution in [0.2, 0.25) is 18.1 Å². The van der Waals surface area contributed by atoms with Crippen molar-refractivity contribution in [2.24, 2.45) is 0 Å². The van der Waals surface area contributed by atoms with Crippen LogP contribution in [0, 0.1) is 0 Å². The average molecular weight is 330 g/mol. The summed E-state index contributed by atoms with van der Waals surface area (Å²) in [5.41, 5.74) is 2.71. The average Bonchev–Trinajstić information content (AvgIpc) is 2.48. The van der Waals surface area contributed by atoms with Crippen LogP contribution in [0.15, 0.2) is 42.5 Å². The van der Waals surface area contributed by atoms with E-state index in [4.69, 9.17) is 4.43 Å². The Morgan fingerprint density at radius 2 is 1.70 bits per heavy atom. The van der Waals surface area contributed by atoms with Gasteiger partial charge in [-0.3, -0.25) is 4.98 Å². The van der Waals surface area contributed by atoms with Crippen LogP contribution in [0.25, 0.3) is 0 Å². The topological polar surface area (TPSA) is 42.4 Å². The first-order valence-corrected chi connectivity index (χ1v) is 11.0. The number of hydrogen-bond donors (Lipinski definition) is 1. The van der Waals surface area contributed by atoms with Crippen LogP contribution in [0.3, 0.4) is 0 Å². The van der Waals surface area contributed by atoms with Crippen molar-refractivity contribution < 1.29 is 9.53 Å². The van der Waals surface area contributed by atoms with E-state index in [0.717, 1.165) is 11.3 Å². The molecule has 0 aliphatic carbocycles. The summed E-state index contributed by atoms with van der Waals surface area (Å²) in [5.74, 6) is 0.241. The highest BCUT2D eigenvalue weighted by Crippen LogP contribution is 2.37. The lowest BCUT2D eigenvalue weighted by Gasteiger charge is -2.36. The summed E-state index contributed by atoms with van der Waals surface area (Å²) in [6.07, 6.45) is 0.626. The van der Waals surface area contributed by atoms with Crippen molar-refractivity contribution >= 4 is 8.32 Å². The molecule has 0 aliphatic rings. The summed E-state index contributed by atoms with van der Waals surface area (Å²) in [6.45, 7) is 11.6. The quantitative estimate of drug-likeness (QED) is 0.793. The van der Waals surface area contributed by atoms with Crippen LogP contribution in [-0.4, -0.2) is 18.4 Å². The van der Waals surface area contributed by atoms with Crippen LogP contribution in [-0.2, 0) is 17.5 Å². The Balaban J connectivity index is 2.11. The van der Waals surface area contributed by atoms with Gasteiger partial charge in [0.1, 0.15) is 5.75 Å². The predicted molar refractivity (Wildman–Crippen MR) is 97.1 cm³/mol. The number of pyridine rings is 1. The molecule has 0 saturated carbocycles. The molecule has 0 bridgehead atoms. The first-order chi connectivity index (χ1) is 10.7. The number of hydrogen-bond acceptors (Lipinski definition) is 3. The van der Waals surface area contributed by atoms with Gasteiger partial charge in [-0.2, -0.15) is 0 Å². The van der Waals surface area contributed by atoms with Gasteiger partial charge in [0.15, 0.2) is 8.32 Å². The smallest absolute Gasteiger partial charge is 0.192 e. The molecule has 0 fully saturated rings. The van der Waals surface area contributed by atoms with Gasteiger partial charge < -0.3 is 9.53 Å². The van der Waals surface area contributed by atoms with Gasteiger partial charge in [-0.25, -0.2) is 0 Å². The lowest BCUT2D eigenvalue weighted by molar-refractivity contribution is 0.271. The Kier molecular flexibility index (Phi) is 5.27. The number of aromatic hydroxyl groups is 1. The fraction of sp³-hybridized carbons (Fsp3) is 0.421. The molecule has 2 aromatic rings. The largest absolute Gasteiger partial charge is 0.506 e. The van der Waals surface area contributed by atoms with Gasteiger partial charge in [0.05, 0.1) is 18.0 Å². The van der Waals surface area contributed by atoms with Crippen molar-refractivity contribution in [1.82, 2.24) is 4.98 Å². The van der Waals surface area contributed by atoms with Crippen molar-refractivity contribution in [3.05, 3.63) is 59.4 Å². The van der Waals surface area contributed by atoms with E-state index in [-0.39, 0.29) is 10.8 Å². The third-order valence-electron chi connectivity index (χ3n) is 4.61. The van der Waals surface area contributed by atoms with Gasteiger partial charge in [-0.05, 0) is 35.8 Å². The van der Waals surface area contributed by atoms with Crippen LogP contribution in [0.1, 0.15) is 37.7 Å². The molecule has 0 spiro atoms. The third kappa shape index (κ3) is 4.66. The molecule has 1 aromatic carbocycles. The van der Waals surface area contributed by atoms with E-state index in [1.54, 1.807) is 6.07 Å². The summed E-state index contributed by atoms with van der Waals surface area (Å²) in [5, 5.41) is 10.2. The summed E-state index contributed by atoms with van der Waals surface area (Å²) in [7, 11) is -1.80. The Labute approximate surface area is 140 Å².